The summed E-state index contributed by atoms with van der Waals surface area (Å²) in [5, 5.41) is 2.80. The summed E-state index contributed by atoms with van der Waals surface area (Å²) in [4.78, 5) is 12.2. The first kappa shape index (κ1) is 20.9. The topological polar surface area (TPSA) is 84.5 Å². The van der Waals surface area contributed by atoms with Crippen molar-refractivity contribution in [2.24, 2.45) is 0 Å². The van der Waals surface area contributed by atoms with Crippen LogP contribution in [0.1, 0.15) is 31.4 Å². The molecule has 0 aromatic heterocycles. The number of hydrogen-bond acceptors (Lipinski definition) is 4. The molecule has 2 rings (SSSR count). The molecule has 0 saturated heterocycles. The van der Waals surface area contributed by atoms with E-state index in [4.69, 9.17) is 4.74 Å². The Labute approximate surface area is 161 Å². The van der Waals surface area contributed by atoms with Crippen molar-refractivity contribution in [3.8, 4) is 5.75 Å². The Morgan fingerprint density at radius 1 is 1.11 bits per heavy atom. The Balaban J connectivity index is 1.93. The summed E-state index contributed by atoms with van der Waals surface area (Å²) < 4.78 is 32.5. The van der Waals surface area contributed by atoms with Crippen LogP contribution in [0.4, 0.5) is 5.69 Å². The normalized spacial score (nSPS) is 12.4. The number of ether oxygens (including phenoxy) is 1. The van der Waals surface area contributed by atoms with Gasteiger partial charge in [-0.3, -0.25) is 4.79 Å². The number of benzene rings is 2. The van der Waals surface area contributed by atoms with E-state index in [1.54, 1.807) is 0 Å². The van der Waals surface area contributed by atoms with Crippen LogP contribution in [-0.4, -0.2) is 27.0 Å². The lowest BCUT2D eigenvalue weighted by Crippen LogP contribution is -2.31. The van der Waals surface area contributed by atoms with Gasteiger partial charge in [0, 0.05) is 11.7 Å². The third kappa shape index (κ3) is 6.08. The molecule has 0 heterocycles. The quantitative estimate of drug-likeness (QED) is 0.723. The molecule has 0 bridgehead atoms. The van der Waals surface area contributed by atoms with Gasteiger partial charge in [-0.2, -0.15) is 0 Å². The molecular formula is C20H26N2O4S. The zero-order chi connectivity index (χ0) is 20.0. The van der Waals surface area contributed by atoms with Crippen molar-refractivity contribution in [1.29, 1.82) is 0 Å². The highest BCUT2D eigenvalue weighted by molar-refractivity contribution is 7.89. The van der Waals surface area contributed by atoms with Gasteiger partial charge in [-0.25, -0.2) is 13.1 Å². The third-order valence-electron chi connectivity index (χ3n) is 4.13. The lowest BCUT2D eigenvalue weighted by molar-refractivity contribution is -0.118. The molecule has 1 atom stereocenters. The van der Waals surface area contributed by atoms with Crippen molar-refractivity contribution in [3.05, 3.63) is 53.6 Å². The number of carbonyl (C=O) groups is 1. The summed E-state index contributed by atoms with van der Waals surface area (Å²) in [5.41, 5.74) is 2.85. The van der Waals surface area contributed by atoms with Crippen molar-refractivity contribution in [2.75, 3.05) is 11.9 Å². The van der Waals surface area contributed by atoms with Gasteiger partial charge in [0.05, 0.1) is 4.90 Å². The molecule has 2 aromatic carbocycles. The number of rotatable bonds is 8. The predicted molar refractivity (Wildman–Crippen MR) is 107 cm³/mol. The predicted octanol–water partition coefficient (Wildman–Crippen LogP) is 3.40. The first-order valence-electron chi connectivity index (χ1n) is 8.83. The van der Waals surface area contributed by atoms with Gasteiger partial charge in [0.25, 0.3) is 5.91 Å². The molecular weight excluding hydrogens is 364 g/mol. The van der Waals surface area contributed by atoms with E-state index in [0.29, 0.717) is 12.2 Å². The second-order valence-corrected chi connectivity index (χ2v) is 8.27. The molecule has 0 radical (unpaired) electrons. The third-order valence-corrected chi connectivity index (χ3v) is 5.73. The molecule has 146 valence electrons. The van der Waals surface area contributed by atoms with Gasteiger partial charge >= 0.3 is 0 Å². The van der Waals surface area contributed by atoms with Crippen molar-refractivity contribution in [3.63, 3.8) is 0 Å². The maximum absolute atomic E-state index is 12.2. The summed E-state index contributed by atoms with van der Waals surface area (Å²) in [5.74, 6) is 0.144. The van der Waals surface area contributed by atoms with Crippen molar-refractivity contribution >= 4 is 21.6 Å². The number of aryl methyl sites for hydroxylation is 2. The summed E-state index contributed by atoms with van der Waals surface area (Å²) in [6, 6.07) is 11.6. The molecule has 2 N–H and O–H groups in total. The minimum absolute atomic E-state index is 0.139. The average molecular weight is 391 g/mol. The van der Waals surface area contributed by atoms with E-state index >= 15 is 0 Å². The minimum Gasteiger partial charge on any atom is -0.484 e. The van der Waals surface area contributed by atoms with Gasteiger partial charge in [-0.05, 0) is 63.1 Å². The number of anilines is 1. The first-order chi connectivity index (χ1) is 12.7. The largest absolute Gasteiger partial charge is 0.484 e. The molecule has 0 fully saturated rings. The average Bonchev–Trinajstić information content (AvgIpc) is 2.62. The maximum atomic E-state index is 12.2. The smallest absolute Gasteiger partial charge is 0.262 e. The summed E-state index contributed by atoms with van der Waals surface area (Å²) in [6.07, 6.45) is 0.704. The lowest BCUT2D eigenvalue weighted by Gasteiger charge is -2.13. The number of nitrogens with one attached hydrogen (secondary N) is 2. The van der Waals surface area contributed by atoms with E-state index in [2.05, 4.69) is 10.0 Å². The van der Waals surface area contributed by atoms with Gasteiger partial charge in [-0.15, -0.1) is 0 Å². The molecule has 6 nitrogen and oxygen atoms in total. The van der Waals surface area contributed by atoms with E-state index in [9.17, 15) is 13.2 Å². The molecule has 2 aromatic rings. The molecule has 0 unspecified atom stereocenters. The number of carbonyl (C=O) groups excluding carboxylic acids is 1. The highest BCUT2D eigenvalue weighted by atomic mass is 32.2. The number of hydrogen-bond donors (Lipinski definition) is 2. The fourth-order valence-electron chi connectivity index (χ4n) is 2.42. The Hall–Kier alpha value is -2.38. The Kier molecular flexibility index (Phi) is 6.98. The maximum Gasteiger partial charge on any atom is 0.262 e. The van der Waals surface area contributed by atoms with Gasteiger partial charge in [0.2, 0.25) is 10.0 Å². The van der Waals surface area contributed by atoms with Crippen LogP contribution in [0.25, 0.3) is 0 Å². The van der Waals surface area contributed by atoms with Gasteiger partial charge in [0.1, 0.15) is 5.75 Å². The van der Waals surface area contributed by atoms with Gasteiger partial charge in [0.15, 0.2) is 6.61 Å². The van der Waals surface area contributed by atoms with Crippen LogP contribution in [-0.2, 0) is 14.8 Å². The summed E-state index contributed by atoms with van der Waals surface area (Å²) in [7, 11) is -3.55. The summed E-state index contributed by atoms with van der Waals surface area (Å²) in [6.45, 7) is 7.47. The molecule has 0 aliphatic carbocycles. The van der Waals surface area contributed by atoms with Gasteiger partial charge < -0.3 is 10.1 Å². The van der Waals surface area contributed by atoms with E-state index < -0.39 is 10.0 Å². The molecule has 0 aliphatic rings. The zero-order valence-corrected chi connectivity index (χ0v) is 16.9. The first-order valence-corrected chi connectivity index (χ1v) is 10.3. The van der Waals surface area contributed by atoms with Crippen LogP contribution < -0.4 is 14.8 Å². The zero-order valence-electron chi connectivity index (χ0n) is 16.1. The Bertz CT molecular complexity index is 893. The van der Waals surface area contributed by atoms with E-state index in [0.717, 1.165) is 16.8 Å². The monoisotopic (exact) mass is 390 g/mol. The SMILES string of the molecule is CC[C@H](C)NS(=O)(=O)c1ccc(OCC(=O)Nc2ccc(C)cc2C)cc1. The summed E-state index contributed by atoms with van der Waals surface area (Å²) >= 11 is 0. The van der Waals surface area contributed by atoms with Crippen molar-refractivity contribution in [1.82, 2.24) is 4.72 Å². The Morgan fingerprint density at radius 2 is 1.78 bits per heavy atom. The van der Waals surface area contributed by atoms with Crippen LogP contribution in [0, 0.1) is 13.8 Å². The highest BCUT2D eigenvalue weighted by Crippen LogP contribution is 2.18. The van der Waals surface area contributed by atoms with Gasteiger partial charge in [-0.1, -0.05) is 24.6 Å². The second-order valence-electron chi connectivity index (χ2n) is 6.56. The van der Waals surface area contributed by atoms with Crippen LogP contribution in [0.2, 0.25) is 0 Å². The van der Waals surface area contributed by atoms with Crippen LogP contribution in [0.15, 0.2) is 47.4 Å². The van der Waals surface area contributed by atoms with Crippen LogP contribution in [0.3, 0.4) is 0 Å². The number of sulfonamides is 1. The fourth-order valence-corrected chi connectivity index (χ4v) is 3.75. The molecule has 0 saturated carbocycles. The van der Waals surface area contributed by atoms with E-state index in [-0.39, 0.29) is 23.5 Å². The van der Waals surface area contributed by atoms with Crippen LogP contribution >= 0.6 is 0 Å². The Morgan fingerprint density at radius 3 is 2.37 bits per heavy atom. The molecule has 7 heteroatoms. The van der Waals surface area contributed by atoms with Crippen molar-refractivity contribution < 1.29 is 17.9 Å². The van der Waals surface area contributed by atoms with E-state index in [1.165, 1.54) is 24.3 Å². The standard InChI is InChI=1S/C20H26N2O4S/c1-5-16(4)22-27(24,25)18-9-7-17(8-10-18)26-13-20(23)21-19-11-6-14(2)12-15(19)3/h6-12,16,22H,5,13H2,1-4H3,(H,21,23)/t16-/m0/s1. The second kappa shape index (κ2) is 9.01. The fraction of sp³-hybridized carbons (Fsp3) is 0.350. The molecule has 1 amide bonds. The minimum atomic E-state index is -3.55. The number of amides is 1. The molecule has 0 spiro atoms. The lowest BCUT2D eigenvalue weighted by atomic mass is 10.1. The molecule has 0 aliphatic heterocycles. The van der Waals surface area contributed by atoms with Crippen molar-refractivity contribution in [2.45, 2.75) is 45.1 Å². The highest BCUT2D eigenvalue weighted by Gasteiger charge is 2.16. The van der Waals surface area contributed by atoms with Crippen LogP contribution in [0.5, 0.6) is 5.75 Å². The molecule has 27 heavy (non-hydrogen) atoms. The van der Waals surface area contributed by atoms with E-state index in [1.807, 2.05) is 45.9 Å².